The molecule has 32 heavy (non-hydrogen) atoms. The van der Waals surface area contributed by atoms with E-state index in [0.29, 0.717) is 28.5 Å². The molecule has 1 amide bonds. The van der Waals surface area contributed by atoms with Gasteiger partial charge in [0.15, 0.2) is 5.82 Å². The molecular weight excluding hydrogens is 428 g/mol. The number of rotatable bonds is 9. The minimum atomic E-state index is -0.932. The number of halogens is 1. The average molecular weight is 453 g/mol. The number of anilines is 2. The van der Waals surface area contributed by atoms with Gasteiger partial charge in [0, 0.05) is 27.9 Å². The van der Waals surface area contributed by atoms with E-state index in [-0.39, 0.29) is 18.2 Å². The summed E-state index contributed by atoms with van der Waals surface area (Å²) in [5, 5.41) is 24.1. The molecule has 7 nitrogen and oxygen atoms in total. The fourth-order valence-corrected chi connectivity index (χ4v) is 3.49. The molecule has 166 valence electrons. The van der Waals surface area contributed by atoms with Crippen molar-refractivity contribution in [1.82, 2.24) is 15.5 Å². The topological polar surface area (TPSA) is 104 Å². The van der Waals surface area contributed by atoms with Crippen molar-refractivity contribution >= 4 is 35.0 Å². The van der Waals surface area contributed by atoms with Crippen LogP contribution in [0.1, 0.15) is 37.0 Å². The lowest BCUT2D eigenvalue weighted by Crippen LogP contribution is -2.37. The zero-order valence-corrected chi connectivity index (χ0v) is 18.6. The van der Waals surface area contributed by atoms with Crippen LogP contribution in [0, 0.1) is 5.92 Å². The van der Waals surface area contributed by atoms with Gasteiger partial charge < -0.3 is 15.7 Å². The van der Waals surface area contributed by atoms with E-state index in [1.807, 2.05) is 38.1 Å². The number of amides is 1. The molecule has 0 aliphatic rings. The van der Waals surface area contributed by atoms with E-state index >= 15 is 0 Å². The van der Waals surface area contributed by atoms with E-state index in [1.165, 1.54) is 0 Å². The van der Waals surface area contributed by atoms with E-state index in [9.17, 15) is 9.59 Å². The Kier molecular flexibility index (Phi) is 7.78. The van der Waals surface area contributed by atoms with Crippen LogP contribution in [0.15, 0.2) is 60.7 Å². The van der Waals surface area contributed by atoms with Crippen molar-refractivity contribution < 1.29 is 14.7 Å². The van der Waals surface area contributed by atoms with Gasteiger partial charge in [0.05, 0.1) is 12.1 Å². The lowest BCUT2D eigenvalue weighted by molar-refractivity contribution is -0.137. The van der Waals surface area contributed by atoms with E-state index in [4.69, 9.17) is 16.7 Å². The van der Waals surface area contributed by atoms with Gasteiger partial charge in [0.2, 0.25) is 0 Å². The minimum absolute atomic E-state index is 0.104. The smallest absolute Gasteiger partial charge is 0.305 e. The summed E-state index contributed by atoms with van der Waals surface area (Å²) in [5.41, 5.74) is 2.75. The van der Waals surface area contributed by atoms with Crippen molar-refractivity contribution in [3.8, 4) is 11.3 Å². The third-order valence-corrected chi connectivity index (χ3v) is 4.95. The van der Waals surface area contributed by atoms with E-state index in [1.54, 1.807) is 36.4 Å². The van der Waals surface area contributed by atoms with Crippen molar-refractivity contribution in [3.05, 3.63) is 71.2 Å². The summed E-state index contributed by atoms with van der Waals surface area (Å²) in [4.78, 5) is 23.6. The van der Waals surface area contributed by atoms with Crippen molar-refractivity contribution in [1.29, 1.82) is 0 Å². The zero-order valence-electron chi connectivity index (χ0n) is 17.9. The van der Waals surface area contributed by atoms with Crippen LogP contribution in [0.5, 0.6) is 0 Å². The molecule has 3 N–H and O–H groups in total. The number of benzene rings is 2. The molecule has 1 unspecified atom stereocenters. The summed E-state index contributed by atoms with van der Waals surface area (Å²) in [6.45, 7) is 3.99. The van der Waals surface area contributed by atoms with Crippen molar-refractivity contribution in [2.75, 3.05) is 5.32 Å². The standard InChI is InChI=1S/C24H25ClN4O3/c1-15(2)12-20(14-23(30)31)27-24(32)17-8-6-16(7-9-17)21-10-11-22(29-28-21)26-19-5-3-4-18(25)13-19/h3-11,13,15,20H,12,14H2,1-2H3,(H,26,29)(H,27,32)(H,30,31). The number of hydrogen-bond acceptors (Lipinski definition) is 5. The first-order valence-corrected chi connectivity index (χ1v) is 10.7. The number of carboxylic acid groups (broad SMARTS) is 1. The lowest BCUT2D eigenvalue weighted by Gasteiger charge is -2.19. The highest BCUT2D eigenvalue weighted by Gasteiger charge is 2.18. The van der Waals surface area contributed by atoms with Gasteiger partial charge in [-0.25, -0.2) is 0 Å². The van der Waals surface area contributed by atoms with Crippen molar-refractivity contribution in [3.63, 3.8) is 0 Å². The molecule has 0 radical (unpaired) electrons. The summed E-state index contributed by atoms with van der Waals surface area (Å²) in [6.07, 6.45) is 0.494. The summed E-state index contributed by atoms with van der Waals surface area (Å²) in [5.74, 6) is -0.368. The van der Waals surface area contributed by atoms with Crippen LogP contribution in [-0.2, 0) is 4.79 Å². The molecule has 1 atom stereocenters. The van der Waals surface area contributed by atoms with E-state index in [0.717, 1.165) is 11.3 Å². The number of aromatic nitrogens is 2. The average Bonchev–Trinajstić information content (AvgIpc) is 2.73. The van der Waals surface area contributed by atoms with Crippen molar-refractivity contribution in [2.45, 2.75) is 32.7 Å². The summed E-state index contributed by atoms with van der Waals surface area (Å²) in [6, 6.07) is 17.5. The molecule has 0 spiro atoms. The Morgan fingerprint density at radius 3 is 2.38 bits per heavy atom. The van der Waals surface area contributed by atoms with Crippen LogP contribution in [0.3, 0.4) is 0 Å². The van der Waals surface area contributed by atoms with Gasteiger partial charge in [-0.3, -0.25) is 9.59 Å². The second-order valence-corrected chi connectivity index (χ2v) is 8.35. The number of nitrogens with one attached hydrogen (secondary N) is 2. The molecule has 0 saturated heterocycles. The van der Waals surface area contributed by atoms with Crippen LogP contribution < -0.4 is 10.6 Å². The highest BCUT2D eigenvalue weighted by atomic mass is 35.5. The first-order chi connectivity index (χ1) is 15.3. The van der Waals surface area contributed by atoms with E-state index < -0.39 is 12.0 Å². The first kappa shape index (κ1) is 23.2. The Morgan fingerprint density at radius 2 is 1.78 bits per heavy atom. The minimum Gasteiger partial charge on any atom is -0.481 e. The van der Waals surface area contributed by atoms with Gasteiger partial charge in [-0.05, 0) is 54.8 Å². The largest absolute Gasteiger partial charge is 0.481 e. The Bertz CT molecular complexity index is 1070. The maximum atomic E-state index is 12.6. The van der Waals surface area contributed by atoms with Gasteiger partial charge in [-0.2, -0.15) is 0 Å². The maximum absolute atomic E-state index is 12.6. The highest BCUT2D eigenvalue weighted by Crippen LogP contribution is 2.21. The molecule has 8 heteroatoms. The molecule has 0 bridgehead atoms. The third-order valence-electron chi connectivity index (χ3n) is 4.72. The fourth-order valence-electron chi connectivity index (χ4n) is 3.30. The molecule has 3 rings (SSSR count). The lowest BCUT2D eigenvalue weighted by atomic mass is 10.0. The first-order valence-electron chi connectivity index (χ1n) is 10.3. The van der Waals surface area contributed by atoms with E-state index in [2.05, 4.69) is 20.8 Å². The highest BCUT2D eigenvalue weighted by molar-refractivity contribution is 6.30. The Labute approximate surface area is 191 Å². The number of nitrogens with zero attached hydrogens (tertiary/aromatic N) is 2. The molecule has 3 aromatic rings. The van der Waals surface area contributed by atoms with Crippen molar-refractivity contribution in [2.24, 2.45) is 5.92 Å². The maximum Gasteiger partial charge on any atom is 0.305 e. The van der Waals surface area contributed by atoms with Crippen LogP contribution in [0.2, 0.25) is 5.02 Å². The molecule has 1 heterocycles. The predicted molar refractivity (Wildman–Crippen MR) is 125 cm³/mol. The SMILES string of the molecule is CC(C)CC(CC(=O)O)NC(=O)c1ccc(-c2ccc(Nc3cccc(Cl)c3)nn2)cc1. The summed E-state index contributed by atoms with van der Waals surface area (Å²) >= 11 is 5.99. The van der Waals surface area contributed by atoms with Crippen LogP contribution in [0.4, 0.5) is 11.5 Å². The Balaban J connectivity index is 1.65. The molecular formula is C24H25ClN4O3. The monoisotopic (exact) mass is 452 g/mol. The molecule has 0 aliphatic heterocycles. The predicted octanol–water partition coefficient (Wildman–Crippen LogP) is 5.16. The molecule has 2 aromatic carbocycles. The van der Waals surface area contributed by atoms with Gasteiger partial charge in [0.25, 0.3) is 5.91 Å². The Morgan fingerprint density at radius 1 is 1.03 bits per heavy atom. The summed E-state index contributed by atoms with van der Waals surface area (Å²) in [7, 11) is 0. The fraction of sp³-hybridized carbons (Fsp3) is 0.250. The Hall–Kier alpha value is -3.45. The van der Waals surface area contributed by atoms with Crippen LogP contribution >= 0.6 is 11.6 Å². The van der Waals surface area contributed by atoms with Gasteiger partial charge in [0.1, 0.15) is 0 Å². The number of carbonyl (C=O) groups is 2. The quantitative estimate of drug-likeness (QED) is 0.414. The summed E-state index contributed by atoms with van der Waals surface area (Å²) < 4.78 is 0. The second-order valence-electron chi connectivity index (χ2n) is 7.91. The van der Waals surface area contributed by atoms with Crippen LogP contribution in [-0.4, -0.2) is 33.2 Å². The third kappa shape index (κ3) is 6.78. The molecule has 0 saturated carbocycles. The van der Waals surface area contributed by atoms with Gasteiger partial charge >= 0.3 is 5.97 Å². The molecule has 0 fully saturated rings. The second kappa shape index (κ2) is 10.7. The number of carboxylic acids is 1. The van der Waals surface area contributed by atoms with Gasteiger partial charge in [-0.15, -0.1) is 10.2 Å². The molecule has 1 aromatic heterocycles. The number of carbonyl (C=O) groups excluding carboxylic acids is 1. The zero-order chi connectivity index (χ0) is 23.1. The van der Waals surface area contributed by atoms with Crippen LogP contribution in [0.25, 0.3) is 11.3 Å². The number of aliphatic carboxylic acids is 1. The normalized spacial score (nSPS) is 11.8. The van der Waals surface area contributed by atoms with Gasteiger partial charge in [-0.1, -0.05) is 43.6 Å². The molecule has 0 aliphatic carbocycles. The number of hydrogen-bond donors (Lipinski definition) is 3.